The van der Waals surface area contributed by atoms with Gasteiger partial charge in [-0.15, -0.1) is 0 Å². The molecule has 0 aliphatic carbocycles. The predicted octanol–water partition coefficient (Wildman–Crippen LogP) is 8.18. The third-order valence-corrected chi connectivity index (χ3v) is 7.00. The van der Waals surface area contributed by atoms with Crippen molar-refractivity contribution in [2.75, 3.05) is 0 Å². The Morgan fingerprint density at radius 2 is 1.18 bits per heavy atom. The van der Waals surface area contributed by atoms with E-state index in [0.29, 0.717) is 6.42 Å². The van der Waals surface area contributed by atoms with E-state index in [0.717, 1.165) is 25.3 Å². The van der Waals surface area contributed by atoms with Crippen LogP contribution in [0.5, 0.6) is 17.2 Å². The van der Waals surface area contributed by atoms with E-state index in [9.17, 15) is 20.1 Å². The van der Waals surface area contributed by atoms with Crippen LogP contribution in [0, 0.1) is 0 Å². The molecule has 0 saturated carbocycles. The summed E-state index contributed by atoms with van der Waals surface area (Å²) >= 11 is 0. The van der Waals surface area contributed by atoms with Crippen LogP contribution in [0.1, 0.15) is 146 Å². The molecule has 0 aromatic heterocycles. The molecule has 5 heteroatoms. The molecule has 1 aliphatic heterocycles. The highest BCUT2D eigenvalue weighted by molar-refractivity contribution is 6.02. The molecule has 194 valence electrons. The van der Waals surface area contributed by atoms with Crippen LogP contribution in [0.25, 0.3) is 0 Å². The van der Waals surface area contributed by atoms with Gasteiger partial charge in [-0.2, -0.15) is 0 Å². The van der Waals surface area contributed by atoms with E-state index in [1.807, 2.05) is 0 Å². The third-order valence-electron chi connectivity index (χ3n) is 7.00. The summed E-state index contributed by atoms with van der Waals surface area (Å²) in [5, 5.41) is 30.2. The van der Waals surface area contributed by atoms with E-state index in [1.165, 1.54) is 102 Å². The quantitative estimate of drug-likeness (QED) is 0.175. The molecule has 5 nitrogen and oxygen atoms in total. The number of aromatic hydroxyl groups is 2. The average molecular weight is 477 g/mol. The zero-order chi connectivity index (χ0) is 24.7. The highest BCUT2D eigenvalue weighted by Crippen LogP contribution is 2.41. The van der Waals surface area contributed by atoms with Crippen molar-refractivity contribution in [3.8, 4) is 17.2 Å². The Morgan fingerprint density at radius 1 is 0.735 bits per heavy atom. The number of phenolic OH excluding ortho intramolecular Hbond substituents is 2. The number of ether oxygens (including phenoxy) is 1. The van der Waals surface area contributed by atoms with Gasteiger partial charge < -0.3 is 20.1 Å². The van der Waals surface area contributed by atoms with Crippen LogP contribution in [-0.4, -0.2) is 26.9 Å². The minimum absolute atomic E-state index is 0.0419. The van der Waals surface area contributed by atoms with Gasteiger partial charge in [0.05, 0.1) is 6.42 Å². The van der Waals surface area contributed by atoms with Crippen molar-refractivity contribution < 1.29 is 24.9 Å². The molecule has 0 unspecified atom stereocenters. The molecule has 1 aliphatic rings. The zero-order valence-electron chi connectivity index (χ0n) is 21.5. The lowest BCUT2D eigenvalue weighted by atomic mass is 9.93. The van der Waals surface area contributed by atoms with E-state index in [1.54, 1.807) is 0 Å². The van der Waals surface area contributed by atoms with Gasteiger partial charge in [0.25, 0.3) is 0 Å². The predicted molar refractivity (Wildman–Crippen MR) is 138 cm³/mol. The smallest absolute Gasteiger partial charge is 0.215 e. The van der Waals surface area contributed by atoms with Crippen LogP contribution in [0.15, 0.2) is 12.1 Å². The summed E-state index contributed by atoms with van der Waals surface area (Å²) in [6.45, 7) is 2.27. The molecule has 3 N–H and O–H groups in total. The maximum absolute atomic E-state index is 12.3. The number of aliphatic hydroxyl groups is 1. The monoisotopic (exact) mass is 476 g/mol. The zero-order valence-corrected chi connectivity index (χ0v) is 21.5. The molecule has 0 bridgehead atoms. The van der Waals surface area contributed by atoms with E-state index < -0.39 is 5.79 Å². The number of hydrogen-bond acceptors (Lipinski definition) is 5. The highest BCUT2D eigenvalue weighted by Gasteiger charge is 2.40. The fourth-order valence-electron chi connectivity index (χ4n) is 4.97. The lowest BCUT2D eigenvalue weighted by Crippen LogP contribution is -2.41. The van der Waals surface area contributed by atoms with E-state index >= 15 is 0 Å². The molecule has 0 radical (unpaired) electrons. The third kappa shape index (κ3) is 10.7. The van der Waals surface area contributed by atoms with Gasteiger partial charge in [-0.3, -0.25) is 4.79 Å². The Hall–Kier alpha value is -1.75. The van der Waals surface area contributed by atoms with Crippen molar-refractivity contribution in [3.63, 3.8) is 0 Å². The summed E-state index contributed by atoms with van der Waals surface area (Å²) in [6.07, 6.45) is 23.6. The van der Waals surface area contributed by atoms with Crippen molar-refractivity contribution in [1.82, 2.24) is 0 Å². The summed E-state index contributed by atoms with van der Waals surface area (Å²) in [5.41, 5.74) is 0.0419. The van der Waals surface area contributed by atoms with Crippen molar-refractivity contribution >= 4 is 5.78 Å². The van der Waals surface area contributed by atoms with Gasteiger partial charge in [-0.25, -0.2) is 0 Å². The first-order valence-electron chi connectivity index (χ1n) is 14.0. The minimum Gasteiger partial charge on any atom is -0.508 e. The molecular formula is C29H48O5. The Labute approximate surface area is 206 Å². The number of ketones is 1. The summed E-state index contributed by atoms with van der Waals surface area (Å²) in [5.74, 6) is -2.36. The van der Waals surface area contributed by atoms with Crippen LogP contribution in [0.4, 0.5) is 0 Å². The number of benzene rings is 1. The van der Waals surface area contributed by atoms with Crippen LogP contribution in [0.3, 0.4) is 0 Å². The lowest BCUT2D eigenvalue weighted by Gasteiger charge is -2.33. The Balaban J connectivity index is 1.42. The molecule has 1 heterocycles. The first-order valence-corrected chi connectivity index (χ1v) is 14.0. The summed E-state index contributed by atoms with van der Waals surface area (Å²) < 4.78 is 5.60. The SMILES string of the molecule is CCCCCCCCCCCCCCCCCCCC[C@@]1(O)CC(=O)c2c(O)cc(O)cc2O1. The fourth-order valence-corrected chi connectivity index (χ4v) is 4.97. The second kappa shape index (κ2) is 16.0. The molecule has 0 spiro atoms. The van der Waals surface area contributed by atoms with Crippen molar-refractivity contribution in [2.24, 2.45) is 0 Å². The Bertz CT molecular complexity index is 717. The maximum Gasteiger partial charge on any atom is 0.215 e. The molecule has 1 aromatic carbocycles. The van der Waals surface area contributed by atoms with Crippen molar-refractivity contribution in [3.05, 3.63) is 17.7 Å². The molecule has 1 atom stereocenters. The van der Waals surface area contributed by atoms with Crippen LogP contribution in [-0.2, 0) is 0 Å². The van der Waals surface area contributed by atoms with Gasteiger partial charge in [0.15, 0.2) is 5.78 Å². The molecule has 2 rings (SSSR count). The molecule has 0 amide bonds. The Morgan fingerprint density at radius 3 is 1.65 bits per heavy atom. The van der Waals surface area contributed by atoms with Gasteiger partial charge in [0.1, 0.15) is 22.8 Å². The molecule has 0 fully saturated rings. The highest BCUT2D eigenvalue weighted by atomic mass is 16.6. The van der Waals surface area contributed by atoms with Gasteiger partial charge >= 0.3 is 0 Å². The summed E-state index contributed by atoms with van der Waals surface area (Å²) in [7, 11) is 0. The van der Waals surface area contributed by atoms with Crippen LogP contribution >= 0.6 is 0 Å². The average Bonchev–Trinajstić information content (AvgIpc) is 2.77. The normalized spacial score (nSPS) is 17.5. The van der Waals surface area contributed by atoms with Gasteiger partial charge in [0, 0.05) is 18.6 Å². The largest absolute Gasteiger partial charge is 0.508 e. The van der Waals surface area contributed by atoms with Gasteiger partial charge in [-0.1, -0.05) is 116 Å². The number of Topliss-reactive ketones (excluding diaryl/α,β-unsaturated/α-hetero) is 1. The first-order chi connectivity index (χ1) is 16.4. The van der Waals surface area contributed by atoms with Gasteiger partial charge in [0.2, 0.25) is 5.79 Å². The number of carbonyl (C=O) groups is 1. The summed E-state index contributed by atoms with van der Waals surface area (Å²) in [6, 6.07) is 2.38. The van der Waals surface area contributed by atoms with Crippen LogP contribution in [0.2, 0.25) is 0 Å². The van der Waals surface area contributed by atoms with Crippen LogP contribution < -0.4 is 4.74 Å². The van der Waals surface area contributed by atoms with E-state index in [-0.39, 0.29) is 35.0 Å². The maximum atomic E-state index is 12.3. The Kier molecular flexibility index (Phi) is 13.4. The number of phenols is 2. The second-order valence-electron chi connectivity index (χ2n) is 10.2. The number of hydrogen-bond donors (Lipinski definition) is 3. The van der Waals surface area contributed by atoms with Gasteiger partial charge in [-0.05, 0) is 6.42 Å². The fraction of sp³-hybridized carbons (Fsp3) is 0.759. The molecule has 34 heavy (non-hydrogen) atoms. The molecule has 0 saturated heterocycles. The van der Waals surface area contributed by atoms with Crippen molar-refractivity contribution in [2.45, 2.75) is 141 Å². The lowest BCUT2D eigenvalue weighted by molar-refractivity contribution is -0.145. The standard InChI is InChI=1S/C29H48O5/c1-2-3-4-5-6-7-8-9-10-11-12-13-14-15-16-17-18-19-20-29(33)23-26(32)28-25(31)21-24(30)22-27(28)34-29/h21-22,30-31,33H,2-20,23H2,1H3/t29-/m0/s1. The second-order valence-corrected chi connectivity index (χ2v) is 10.2. The molecule has 1 aromatic rings. The summed E-state index contributed by atoms with van der Waals surface area (Å²) in [4.78, 5) is 12.3. The molecular weight excluding hydrogens is 428 g/mol. The first kappa shape index (κ1) is 28.5. The topological polar surface area (TPSA) is 87.0 Å². The number of unbranched alkanes of at least 4 members (excludes halogenated alkanes) is 17. The number of rotatable bonds is 19. The number of fused-ring (bicyclic) bond motifs is 1. The van der Waals surface area contributed by atoms with E-state index in [4.69, 9.17) is 4.74 Å². The van der Waals surface area contributed by atoms with Crippen molar-refractivity contribution in [1.29, 1.82) is 0 Å². The number of carbonyl (C=O) groups excluding carboxylic acids is 1. The minimum atomic E-state index is -1.56. The van der Waals surface area contributed by atoms with E-state index in [2.05, 4.69) is 6.92 Å².